The molecule has 0 amide bonds. The van der Waals surface area contributed by atoms with Crippen LogP contribution >= 0.6 is 0 Å². The molecule has 10 aromatic carbocycles. The topological polar surface area (TPSA) is 163 Å². The molecule has 120 heavy (non-hydrogen) atoms. The number of halogens is 12. The molecule has 16 rings (SSSR count). The molecule has 4 N–H and O–H groups in total. The number of benzene rings is 10. The molecule has 16 aromatic rings. The third-order valence-electron chi connectivity index (χ3n) is 19.1. The smallest absolute Gasteiger partial charge is 0.417 e. The van der Waals surface area contributed by atoms with Crippen molar-refractivity contribution in [2.45, 2.75) is 62.6 Å². The van der Waals surface area contributed by atoms with Gasteiger partial charge in [-0.25, -0.2) is 9.97 Å². The summed E-state index contributed by atoms with van der Waals surface area (Å²) in [7, 11) is 0. The van der Waals surface area contributed by atoms with Gasteiger partial charge in [0, 0.05) is 106 Å². The van der Waals surface area contributed by atoms with Crippen molar-refractivity contribution < 1.29 is 92.1 Å². The number of para-hydroxylation sites is 4. The molecule has 0 saturated heterocycles. The lowest BCUT2D eigenvalue weighted by Gasteiger charge is -2.10. The Morgan fingerprint density at radius 1 is 0.300 bits per heavy atom. The number of pyridine rings is 2. The van der Waals surface area contributed by atoms with Crippen molar-refractivity contribution in [2.75, 3.05) is 13.2 Å². The molecule has 26 heteroatoms. The highest BCUT2D eigenvalue weighted by Crippen LogP contribution is 2.39. The number of hydrogen-bond acceptors (Lipinski definition) is 10. The number of hydrogen-bond donors (Lipinski definition) is 4. The van der Waals surface area contributed by atoms with E-state index in [9.17, 15) is 68.0 Å². The average molecular weight is 1640 g/mol. The Morgan fingerprint density at radius 2 is 0.533 bits per heavy atom. The fourth-order valence-electron chi connectivity index (χ4n) is 13.3. The molecule has 2 atom stereocenters. The summed E-state index contributed by atoms with van der Waals surface area (Å²) in [6.07, 6.45) is -3.80. The predicted octanol–water partition coefficient (Wildman–Crippen LogP) is 23.8. The maximum absolute atomic E-state index is 12.7. The van der Waals surface area contributed by atoms with Crippen molar-refractivity contribution >= 4 is 43.6 Å². The van der Waals surface area contributed by atoms with Crippen LogP contribution < -0.4 is 18.9 Å². The van der Waals surface area contributed by atoms with Crippen molar-refractivity contribution in [1.82, 2.24) is 28.2 Å². The number of rotatable bonds is 22. The number of aliphatic hydroxyl groups excluding tert-OH is 4. The Balaban J connectivity index is 0.000000138. The number of alkyl halides is 12. The van der Waals surface area contributed by atoms with Crippen molar-refractivity contribution in [2.24, 2.45) is 0 Å². The summed E-state index contributed by atoms with van der Waals surface area (Å²) in [6.45, 7) is 7.02. The zero-order valence-corrected chi connectivity index (χ0v) is 63.5. The van der Waals surface area contributed by atoms with Crippen LogP contribution in [0.25, 0.3) is 66.4 Å². The number of nitrogens with zero attached hydrogens (tertiary/aromatic N) is 6. The second-order valence-electron chi connectivity index (χ2n) is 27.4. The molecule has 0 bridgehead atoms. The summed E-state index contributed by atoms with van der Waals surface area (Å²) in [5.41, 5.74) is 8.84. The molecular weight excluding hydrogens is 1570 g/mol. The van der Waals surface area contributed by atoms with Gasteiger partial charge in [0.25, 0.3) is 0 Å². The van der Waals surface area contributed by atoms with Crippen LogP contribution in [0.2, 0.25) is 0 Å². The van der Waals surface area contributed by atoms with Crippen LogP contribution in [0.4, 0.5) is 52.7 Å². The lowest BCUT2D eigenvalue weighted by Crippen LogP contribution is -2.14. The van der Waals surface area contributed by atoms with E-state index in [-0.39, 0.29) is 25.0 Å². The second kappa shape index (κ2) is 36.9. The highest BCUT2D eigenvalue weighted by molar-refractivity contribution is 5.89. The van der Waals surface area contributed by atoms with E-state index in [4.69, 9.17) is 24.1 Å². The van der Waals surface area contributed by atoms with E-state index in [1.54, 1.807) is 48.5 Å². The summed E-state index contributed by atoms with van der Waals surface area (Å²) >= 11 is 0. The maximum Gasteiger partial charge on any atom is 0.417 e. The monoisotopic (exact) mass is 1640 g/mol. The van der Waals surface area contributed by atoms with Crippen LogP contribution in [0.3, 0.4) is 0 Å². The zero-order chi connectivity index (χ0) is 84.9. The predicted molar refractivity (Wildman–Crippen MR) is 436 cm³/mol. The summed E-state index contributed by atoms with van der Waals surface area (Å²) in [6, 6.07) is 74.2. The summed E-state index contributed by atoms with van der Waals surface area (Å²) in [5.74, 6) is 2.80. The standard InChI is InChI=1S/C24H20F3NO3.C24H18F3NO.C23H19F3N2O3.C23H17F3N2O/c25-24(26,27)17-5-9-20(10-6-17)31-21-11-7-18(8-12-21)28-14-16(13-19(30)15-29)22-3-1-2-4-23(22)28;1-2-5-17-16-28(23-7-4-3-6-22(17)23)19-10-14-21(15-11-19)29-20-12-8-18(9-13-20)24(25,26)27;24-23(25,26)16-5-10-22(27-12-16)31-19-8-6-17(7-9-19)28-13-15(11-18(30)14-29)20-3-1-2-4-21(20)28;1-2-5-16-15-28(21-7-4-3-6-20(16)21)18-9-11-19(12-10-18)29-22-13-8-17(14-27-22)23(24,25)26/h1-12,14,19,29-30H,13,15H2;2-4,6-16H,1,5H2;1-10,12-13,18,29-30H,11,14H2;2-4,6-15H,1,5H2/t19-;;18-;/m0.0./s1. The van der Waals surface area contributed by atoms with E-state index in [1.165, 1.54) is 58.3 Å². The van der Waals surface area contributed by atoms with Gasteiger partial charge in [0.1, 0.15) is 34.5 Å². The van der Waals surface area contributed by atoms with Gasteiger partial charge in [0.05, 0.1) is 69.7 Å². The van der Waals surface area contributed by atoms with E-state index in [0.29, 0.717) is 47.3 Å². The van der Waals surface area contributed by atoms with Gasteiger partial charge in [-0.3, -0.25) is 0 Å². The molecule has 6 aromatic heterocycles. The van der Waals surface area contributed by atoms with E-state index in [1.807, 2.05) is 155 Å². The van der Waals surface area contributed by atoms with Gasteiger partial charge in [0.15, 0.2) is 0 Å². The molecule has 0 spiro atoms. The van der Waals surface area contributed by atoms with Gasteiger partial charge in [-0.1, -0.05) is 84.9 Å². The minimum atomic E-state index is -4.45. The zero-order valence-electron chi connectivity index (χ0n) is 63.5. The van der Waals surface area contributed by atoms with Crippen LogP contribution in [-0.2, 0) is 50.4 Å². The molecule has 6 heterocycles. The quantitative estimate of drug-likeness (QED) is 0.0379. The molecular formula is C94H74F12N6O8. The molecule has 0 saturated carbocycles. The third-order valence-corrected chi connectivity index (χ3v) is 19.1. The Hall–Kier alpha value is -13.7. The van der Waals surface area contributed by atoms with Gasteiger partial charge in [-0.15, -0.1) is 13.2 Å². The van der Waals surface area contributed by atoms with Gasteiger partial charge < -0.3 is 57.6 Å². The Morgan fingerprint density at radius 3 is 0.775 bits per heavy atom. The molecule has 0 radical (unpaired) electrons. The van der Waals surface area contributed by atoms with Gasteiger partial charge in [-0.2, -0.15) is 52.7 Å². The Kier molecular flexibility index (Phi) is 25.9. The highest BCUT2D eigenvalue weighted by atomic mass is 19.4. The van der Waals surface area contributed by atoms with E-state index in [2.05, 4.69) is 68.9 Å². The Labute approximate surface area is 679 Å². The number of ether oxygens (including phenoxy) is 4. The molecule has 0 aliphatic heterocycles. The highest BCUT2D eigenvalue weighted by Gasteiger charge is 2.34. The minimum Gasteiger partial charge on any atom is -0.457 e. The largest absolute Gasteiger partial charge is 0.457 e. The normalized spacial score (nSPS) is 12.2. The minimum absolute atomic E-state index is 0.0624. The second-order valence-corrected chi connectivity index (χ2v) is 27.4. The third kappa shape index (κ3) is 20.6. The van der Waals surface area contributed by atoms with Gasteiger partial charge >= 0.3 is 24.7 Å². The van der Waals surface area contributed by atoms with Crippen molar-refractivity contribution in [3.63, 3.8) is 0 Å². The number of aromatic nitrogens is 6. The van der Waals surface area contributed by atoms with Crippen molar-refractivity contribution in [3.8, 4) is 69.0 Å². The van der Waals surface area contributed by atoms with Crippen LogP contribution in [0.5, 0.6) is 46.3 Å². The van der Waals surface area contributed by atoms with Crippen molar-refractivity contribution in [1.29, 1.82) is 0 Å². The lowest BCUT2D eigenvalue weighted by molar-refractivity contribution is -0.138. The van der Waals surface area contributed by atoms with Gasteiger partial charge in [0.2, 0.25) is 11.8 Å². The first-order valence-electron chi connectivity index (χ1n) is 37.3. The van der Waals surface area contributed by atoms with Crippen LogP contribution in [-0.4, -0.2) is 74.1 Å². The fourth-order valence-corrected chi connectivity index (χ4v) is 13.3. The molecule has 612 valence electrons. The lowest BCUT2D eigenvalue weighted by atomic mass is 10.1. The average Bonchev–Trinajstić information content (AvgIpc) is 1.68. The molecule has 0 unspecified atom stereocenters. The molecule has 0 fully saturated rings. The van der Waals surface area contributed by atoms with Crippen LogP contribution in [0.15, 0.2) is 329 Å². The van der Waals surface area contributed by atoms with Crippen LogP contribution in [0.1, 0.15) is 44.5 Å². The van der Waals surface area contributed by atoms with Gasteiger partial charge in [-0.05, 0) is 217 Å². The van der Waals surface area contributed by atoms with E-state index in [0.717, 1.165) is 128 Å². The number of aliphatic hydroxyl groups is 4. The maximum atomic E-state index is 12.7. The first-order valence-corrected chi connectivity index (χ1v) is 37.3. The fraction of sp³-hybridized carbons (Fsp3) is 0.128. The summed E-state index contributed by atoms with van der Waals surface area (Å²) < 4.78 is 182. The van der Waals surface area contributed by atoms with Crippen LogP contribution in [0, 0.1) is 0 Å². The van der Waals surface area contributed by atoms with E-state index >= 15 is 0 Å². The number of allylic oxidation sites excluding steroid dienone is 2. The summed E-state index contributed by atoms with van der Waals surface area (Å²) in [5, 5.41) is 42.3. The summed E-state index contributed by atoms with van der Waals surface area (Å²) in [4.78, 5) is 7.44. The Bertz CT molecular complexity index is 5750. The SMILES string of the molecule is C=CCc1cn(-c2ccc(Oc3ccc(C(F)(F)F)cc3)cc2)c2ccccc12.C=CCc1cn(-c2ccc(Oc3ccc(C(F)(F)F)cn3)cc2)c2ccccc12.OC[C@@H](O)Cc1cn(-c2ccc(Oc3ccc(C(F)(F)F)cc3)cc2)c2ccccc12.OC[C@@H](O)Cc1cn(-c2ccc(Oc3ccc(C(F)(F)F)cn3)cc2)c2ccccc12. The number of fused-ring (bicyclic) bond motifs is 4. The van der Waals surface area contributed by atoms with E-state index < -0.39 is 59.2 Å². The first kappa shape index (κ1) is 84.3. The molecule has 0 aliphatic carbocycles. The van der Waals surface area contributed by atoms with Crippen molar-refractivity contribution in [3.05, 3.63) is 374 Å². The first-order chi connectivity index (χ1) is 57.6. The molecule has 0 aliphatic rings. The molecule has 14 nitrogen and oxygen atoms in total.